The lowest BCUT2D eigenvalue weighted by Crippen LogP contribution is -2.24. The second-order valence-corrected chi connectivity index (χ2v) is 5.15. The quantitative estimate of drug-likeness (QED) is 0.871. The van der Waals surface area contributed by atoms with Crippen LogP contribution in [0.15, 0.2) is 22.7 Å². The molecule has 0 saturated carbocycles. The third kappa shape index (κ3) is 2.72. The molecule has 1 heterocycles. The number of hydrogen-bond acceptors (Lipinski definition) is 3. The number of carbonyl (C=O) groups excluding carboxylic acids is 1. The molecule has 1 aromatic carbocycles. The fraction of sp³-hybridized carbons (Fsp3) is 0.462. The number of carbonyl (C=O) groups is 1. The Bertz CT molecular complexity index is 453. The first kappa shape index (κ1) is 13.5. The highest BCUT2D eigenvalue weighted by atomic mass is 79.9. The molecule has 0 aliphatic carbocycles. The largest absolute Gasteiger partial charge is 0.466 e. The maximum Gasteiger partial charge on any atom is 0.310 e. The van der Waals surface area contributed by atoms with Crippen molar-refractivity contribution < 1.29 is 13.9 Å². The Kier molecular flexibility index (Phi) is 4.35. The molecule has 0 aromatic heterocycles. The first-order valence-electron chi connectivity index (χ1n) is 5.95. The van der Waals surface area contributed by atoms with Gasteiger partial charge in [0.15, 0.2) is 0 Å². The molecular weight excluding hydrogens is 301 g/mol. The van der Waals surface area contributed by atoms with Gasteiger partial charge in [-0.15, -0.1) is 0 Å². The molecule has 5 heteroatoms. The van der Waals surface area contributed by atoms with Gasteiger partial charge < -0.3 is 10.1 Å². The predicted molar refractivity (Wildman–Crippen MR) is 69.8 cm³/mol. The van der Waals surface area contributed by atoms with Crippen molar-refractivity contribution in [2.45, 2.75) is 12.8 Å². The predicted octanol–water partition coefficient (Wildman–Crippen LogP) is 2.45. The van der Waals surface area contributed by atoms with Gasteiger partial charge in [0, 0.05) is 19.0 Å². The number of benzene rings is 1. The van der Waals surface area contributed by atoms with Crippen LogP contribution in [0.25, 0.3) is 0 Å². The summed E-state index contributed by atoms with van der Waals surface area (Å²) in [4.78, 5) is 11.8. The maximum absolute atomic E-state index is 13.5. The van der Waals surface area contributed by atoms with E-state index in [9.17, 15) is 9.18 Å². The molecule has 1 aliphatic rings. The molecule has 0 unspecified atom stereocenters. The number of rotatable bonds is 3. The zero-order chi connectivity index (χ0) is 13.1. The van der Waals surface area contributed by atoms with E-state index in [1.165, 1.54) is 6.07 Å². The summed E-state index contributed by atoms with van der Waals surface area (Å²) in [5.41, 5.74) is 0.832. The minimum Gasteiger partial charge on any atom is -0.466 e. The van der Waals surface area contributed by atoms with Crippen molar-refractivity contribution in [1.82, 2.24) is 5.32 Å². The second-order valence-electron chi connectivity index (χ2n) is 4.30. The van der Waals surface area contributed by atoms with Crippen molar-refractivity contribution in [2.24, 2.45) is 5.92 Å². The molecule has 3 nitrogen and oxygen atoms in total. The molecule has 1 aromatic rings. The molecule has 0 bridgehead atoms. The van der Waals surface area contributed by atoms with E-state index in [4.69, 9.17) is 4.74 Å². The lowest BCUT2D eigenvalue weighted by Gasteiger charge is -2.17. The molecule has 0 radical (unpaired) electrons. The van der Waals surface area contributed by atoms with E-state index in [1.807, 2.05) is 6.07 Å². The number of nitrogens with one attached hydrogen (secondary N) is 1. The van der Waals surface area contributed by atoms with E-state index in [2.05, 4.69) is 21.2 Å². The molecule has 2 atom stereocenters. The van der Waals surface area contributed by atoms with Gasteiger partial charge in [0.1, 0.15) is 5.82 Å². The molecule has 0 amide bonds. The average Bonchev–Trinajstić information content (AvgIpc) is 2.82. The summed E-state index contributed by atoms with van der Waals surface area (Å²) < 4.78 is 19.0. The van der Waals surface area contributed by atoms with E-state index in [0.29, 0.717) is 24.2 Å². The normalized spacial score (nSPS) is 23.1. The number of ether oxygens (including phenoxy) is 1. The minimum absolute atomic E-state index is 0.0216. The topological polar surface area (TPSA) is 38.3 Å². The zero-order valence-corrected chi connectivity index (χ0v) is 11.7. The molecule has 1 fully saturated rings. The van der Waals surface area contributed by atoms with Gasteiger partial charge in [-0.1, -0.05) is 6.07 Å². The molecule has 1 N–H and O–H groups in total. The van der Waals surface area contributed by atoms with Gasteiger partial charge in [-0.2, -0.15) is 0 Å². The average molecular weight is 316 g/mol. The van der Waals surface area contributed by atoms with E-state index >= 15 is 0 Å². The molecule has 1 saturated heterocycles. The standard InChI is InChI=1S/C13H15BrFNO2/c1-2-18-13(17)10-7-16-6-9(10)8-3-4-11(14)12(15)5-8/h3-5,9-10,16H,2,6-7H2,1H3/t9-,10+/m0/s1. The van der Waals surface area contributed by atoms with E-state index < -0.39 is 0 Å². The Morgan fingerprint density at radius 1 is 1.56 bits per heavy atom. The number of halogens is 2. The summed E-state index contributed by atoms with van der Waals surface area (Å²) in [5, 5.41) is 3.16. The summed E-state index contributed by atoms with van der Waals surface area (Å²) in [6.45, 7) is 3.41. The van der Waals surface area contributed by atoms with Gasteiger partial charge >= 0.3 is 5.97 Å². The van der Waals surface area contributed by atoms with Crippen LogP contribution in [-0.4, -0.2) is 25.7 Å². The smallest absolute Gasteiger partial charge is 0.310 e. The molecule has 0 spiro atoms. The van der Waals surface area contributed by atoms with Crippen molar-refractivity contribution in [1.29, 1.82) is 0 Å². The van der Waals surface area contributed by atoms with E-state index in [0.717, 1.165) is 5.56 Å². The first-order chi connectivity index (χ1) is 8.63. The molecule has 2 rings (SSSR count). The first-order valence-corrected chi connectivity index (χ1v) is 6.75. The highest BCUT2D eigenvalue weighted by Crippen LogP contribution is 2.31. The Balaban J connectivity index is 2.20. The Morgan fingerprint density at radius 2 is 2.33 bits per heavy atom. The second kappa shape index (κ2) is 5.80. The van der Waals surface area contributed by atoms with Crippen LogP contribution in [0.3, 0.4) is 0 Å². The van der Waals surface area contributed by atoms with Crippen LogP contribution in [0, 0.1) is 11.7 Å². The molecule has 1 aliphatic heterocycles. The van der Waals surface area contributed by atoms with Crippen molar-refractivity contribution in [3.8, 4) is 0 Å². The van der Waals surface area contributed by atoms with E-state index in [-0.39, 0.29) is 23.6 Å². The Hall–Kier alpha value is -0.940. The fourth-order valence-corrected chi connectivity index (χ4v) is 2.52. The lowest BCUT2D eigenvalue weighted by molar-refractivity contribution is -0.147. The summed E-state index contributed by atoms with van der Waals surface area (Å²) in [6, 6.07) is 5.00. The van der Waals surface area contributed by atoms with Crippen LogP contribution >= 0.6 is 15.9 Å². The minimum atomic E-state index is -0.304. The van der Waals surface area contributed by atoms with Crippen LogP contribution in [0.5, 0.6) is 0 Å². The van der Waals surface area contributed by atoms with Gasteiger partial charge in [0.2, 0.25) is 0 Å². The monoisotopic (exact) mass is 315 g/mol. The zero-order valence-electron chi connectivity index (χ0n) is 10.1. The van der Waals surface area contributed by atoms with Crippen LogP contribution < -0.4 is 5.32 Å². The van der Waals surface area contributed by atoms with Gasteiger partial charge in [0.25, 0.3) is 0 Å². The number of hydrogen-bond donors (Lipinski definition) is 1. The summed E-state index contributed by atoms with van der Waals surface area (Å²) >= 11 is 3.12. The summed E-state index contributed by atoms with van der Waals surface area (Å²) in [6.07, 6.45) is 0. The van der Waals surface area contributed by atoms with Crippen molar-refractivity contribution in [3.05, 3.63) is 34.1 Å². The summed E-state index contributed by atoms with van der Waals surface area (Å²) in [5.74, 6) is -0.769. The van der Waals surface area contributed by atoms with Gasteiger partial charge in [-0.25, -0.2) is 4.39 Å². The number of esters is 1. The van der Waals surface area contributed by atoms with E-state index in [1.54, 1.807) is 13.0 Å². The Labute approximate surface area is 114 Å². The highest BCUT2D eigenvalue weighted by molar-refractivity contribution is 9.10. The maximum atomic E-state index is 13.5. The molecule has 18 heavy (non-hydrogen) atoms. The SMILES string of the molecule is CCOC(=O)[C@@H]1CNC[C@H]1c1ccc(Br)c(F)c1. The molecule has 98 valence electrons. The van der Waals surface area contributed by atoms with Crippen molar-refractivity contribution in [2.75, 3.05) is 19.7 Å². The molecular formula is C13H15BrFNO2. The summed E-state index contributed by atoms with van der Waals surface area (Å²) in [7, 11) is 0. The van der Waals surface area contributed by atoms with Crippen LogP contribution in [0.2, 0.25) is 0 Å². The third-order valence-corrected chi connectivity index (χ3v) is 3.82. The van der Waals surface area contributed by atoms with Gasteiger partial charge in [0.05, 0.1) is 17.0 Å². The Morgan fingerprint density at radius 3 is 3.00 bits per heavy atom. The van der Waals surface area contributed by atoms with Crippen molar-refractivity contribution in [3.63, 3.8) is 0 Å². The fourth-order valence-electron chi connectivity index (χ4n) is 2.27. The lowest BCUT2D eigenvalue weighted by atomic mass is 9.89. The third-order valence-electron chi connectivity index (χ3n) is 3.18. The van der Waals surface area contributed by atoms with Gasteiger partial charge in [-0.3, -0.25) is 4.79 Å². The van der Waals surface area contributed by atoms with Gasteiger partial charge in [-0.05, 0) is 40.5 Å². The van der Waals surface area contributed by atoms with Crippen LogP contribution in [0.4, 0.5) is 4.39 Å². The van der Waals surface area contributed by atoms with Crippen LogP contribution in [-0.2, 0) is 9.53 Å². The van der Waals surface area contributed by atoms with Crippen LogP contribution in [0.1, 0.15) is 18.4 Å². The highest BCUT2D eigenvalue weighted by Gasteiger charge is 2.35. The van der Waals surface area contributed by atoms with Crippen molar-refractivity contribution >= 4 is 21.9 Å².